The van der Waals surface area contributed by atoms with E-state index in [0.717, 1.165) is 32.0 Å². The number of piperidine rings is 1. The molecule has 0 unspecified atom stereocenters. The van der Waals surface area contributed by atoms with Crippen LogP contribution in [0.4, 0.5) is 0 Å². The van der Waals surface area contributed by atoms with Crippen LogP contribution in [0.5, 0.6) is 0 Å². The predicted molar refractivity (Wildman–Crippen MR) is 75.5 cm³/mol. The molecule has 0 saturated carbocycles. The third-order valence-corrected chi connectivity index (χ3v) is 4.33. The molecular weight excluding hydrogens is 256 g/mol. The zero-order chi connectivity index (χ0) is 13.8. The molecule has 3 heterocycles. The predicted octanol–water partition coefficient (Wildman–Crippen LogP) is 1.25. The second-order valence-electron chi connectivity index (χ2n) is 5.71. The Hall–Kier alpha value is -0.880. The Morgan fingerprint density at radius 3 is 2.90 bits per heavy atom. The molecule has 0 aromatic carbocycles. The van der Waals surface area contributed by atoms with E-state index < -0.39 is 0 Å². The summed E-state index contributed by atoms with van der Waals surface area (Å²) in [5, 5.41) is 3.70. The van der Waals surface area contributed by atoms with Gasteiger partial charge < -0.3 is 19.2 Å². The summed E-state index contributed by atoms with van der Waals surface area (Å²) in [6, 6.07) is 4.92. The molecule has 0 aliphatic carbocycles. The van der Waals surface area contributed by atoms with E-state index in [-0.39, 0.29) is 6.10 Å². The SMILES string of the molecule is CO[C@H]1COC[C@@H]1NC1CCN(Cc2ccco2)CC1. The van der Waals surface area contributed by atoms with E-state index in [0.29, 0.717) is 18.7 Å². The topological polar surface area (TPSA) is 46.9 Å². The van der Waals surface area contributed by atoms with Crippen molar-refractivity contribution in [3.8, 4) is 0 Å². The van der Waals surface area contributed by atoms with Crippen molar-refractivity contribution in [3.05, 3.63) is 24.2 Å². The Kier molecular flexibility index (Phi) is 4.73. The third-order valence-electron chi connectivity index (χ3n) is 4.33. The molecule has 2 aliphatic rings. The van der Waals surface area contributed by atoms with Gasteiger partial charge in [0.2, 0.25) is 0 Å². The van der Waals surface area contributed by atoms with Crippen molar-refractivity contribution >= 4 is 0 Å². The summed E-state index contributed by atoms with van der Waals surface area (Å²) in [6.45, 7) is 4.64. The molecule has 3 rings (SSSR count). The minimum absolute atomic E-state index is 0.205. The molecule has 1 aromatic heterocycles. The Morgan fingerprint density at radius 2 is 2.20 bits per heavy atom. The highest BCUT2D eigenvalue weighted by atomic mass is 16.5. The molecule has 1 aromatic rings. The van der Waals surface area contributed by atoms with Crippen molar-refractivity contribution < 1.29 is 13.9 Å². The second-order valence-corrected chi connectivity index (χ2v) is 5.71. The summed E-state index contributed by atoms with van der Waals surface area (Å²) in [5.74, 6) is 1.06. The van der Waals surface area contributed by atoms with Crippen LogP contribution in [-0.4, -0.2) is 56.5 Å². The number of ether oxygens (including phenoxy) is 2. The lowest BCUT2D eigenvalue weighted by atomic mass is 10.0. The average molecular weight is 280 g/mol. The van der Waals surface area contributed by atoms with Crippen LogP contribution in [0.1, 0.15) is 18.6 Å². The van der Waals surface area contributed by atoms with Crippen molar-refractivity contribution in [1.29, 1.82) is 0 Å². The van der Waals surface area contributed by atoms with Gasteiger partial charge in [0.1, 0.15) is 5.76 Å². The Balaban J connectivity index is 1.42. The van der Waals surface area contributed by atoms with Crippen LogP contribution in [-0.2, 0) is 16.0 Å². The highest BCUT2D eigenvalue weighted by molar-refractivity contribution is 4.98. The maximum absolute atomic E-state index is 5.48. The molecule has 0 bridgehead atoms. The summed E-state index contributed by atoms with van der Waals surface area (Å²) in [4.78, 5) is 2.45. The van der Waals surface area contributed by atoms with E-state index in [2.05, 4.69) is 10.2 Å². The van der Waals surface area contributed by atoms with Crippen molar-refractivity contribution in [2.24, 2.45) is 0 Å². The molecule has 5 heteroatoms. The number of hydrogen-bond acceptors (Lipinski definition) is 5. The molecule has 2 fully saturated rings. The largest absolute Gasteiger partial charge is 0.468 e. The van der Waals surface area contributed by atoms with Gasteiger partial charge in [0.15, 0.2) is 0 Å². The first-order valence-corrected chi connectivity index (χ1v) is 7.46. The van der Waals surface area contributed by atoms with Gasteiger partial charge in [-0.25, -0.2) is 0 Å². The number of hydrogen-bond donors (Lipinski definition) is 1. The summed E-state index contributed by atoms with van der Waals surface area (Å²) in [5.41, 5.74) is 0. The number of nitrogens with zero attached hydrogens (tertiary/aromatic N) is 1. The van der Waals surface area contributed by atoms with Crippen molar-refractivity contribution in [3.63, 3.8) is 0 Å². The van der Waals surface area contributed by atoms with Crippen LogP contribution >= 0.6 is 0 Å². The molecule has 2 aliphatic heterocycles. The first kappa shape index (κ1) is 14.1. The summed E-state index contributed by atoms with van der Waals surface area (Å²) in [6.07, 6.45) is 4.30. The van der Waals surface area contributed by atoms with E-state index in [9.17, 15) is 0 Å². The molecule has 0 amide bonds. The lowest BCUT2D eigenvalue weighted by molar-refractivity contribution is 0.0689. The highest BCUT2D eigenvalue weighted by Crippen LogP contribution is 2.17. The van der Waals surface area contributed by atoms with Gasteiger partial charge in [0, 0.05) is 26.2 Å². The van der Waals surface area contributed by atoms with Gasteiger partial charge in [-0.2, -0.15) is 0 Å². The molecule has 112 valence electrons. The third kappa shape index (κ3) is 3.41. The minimum Gasteiger partial charge on any atom is -0.468 e. The van der Waals surface area contributed by atoms with Gasteiger partial charge in [-0.15, -0.1) is 0 Å². The maximum Gasteiger partial charge on any atom is 0.117 e. The van der Waals surface area contributed by atoms with E-state index in [4.69, 9.17) is 13.9 Å². The summed E-state index contributed by atoms with van der Waals surface area (Å²) in [7, 11) is 1.76. The molecule has 0 radical (unpaired) electrons. The Labute approximate surface area is 120 Å². The highest BCUT2D eigenvalue weighted by Gasteiger charge is 2.31. The smallest absolute Gasteiger partial charge is 0.117 e. The van der Waals surface area contributed by atoms with Crippen molar-refractivity contribution in [2.75, 3.05) is 33.4 Å². The Bertz CT molecular complexity index is 388. The fourth-order valence-electron chi connectivity index (χ4n) is 3.11. The van der Waals surface area contributed by atoms with Crippen molar-refractivity contribution in [1.82, 2.24) is 10.2 Å². The minimum atomic E-state index is 0.205. The number of furan rings is 1. The molecule has 2 saturated heterocycles. The quantitative estimate of drug-likeness (QED) is 0.879. The number of nitrogens with one attached hydrogen (secondary N) is 1. The molecular formula is C15H24N2O3. The van der Waals surface area contributed by atoms with Gasteiger partial charge in [0.25, 0.3) is 0 Å². The number of likely N-dealkylation sites (tertiary alicyclic amines) is 1. The second kappa shape index (κ2) is 6.72. The standard InChI is InChI=1S/C15H24N2O3/c1-18-15-11-19-10-14(15)16-12-4-6-17(7-5-12)9-13-3-2-8-20-13/h2-3,8,12,14-16H,4-7,9-11H2,1H3/t14-,15-/m0/s1. The van der Waals surface area contributed by atoms with E-state index >= 15 is 0 Å². The first-order chi connectivity index (χ1) is 9.85. The zero-order valence-electron chi connectivity index (χ0n) is 12.1. The molecule has 1 N–H and O–H groups in total. The normalized spacial score (nSPS) is 29.1. The number of rotatable bonds is 5. The maximum atomic E-state index is 5.48. The van der Waals surface area contributed by atoms with Gasteiger partial charge in [-0.1, -0.05) is 0 Å². The Morgan fingerprint density at radius 1 is 1.35 bits per heavy atom. The van der Waals surface area contributed by atoms with E-state index in [1.165, 1.54) is 12.8 Å². The fourth-order valence-corrected chi connectivity index (χ4v) is 3.11. The molecule has 5 nitrogen and oxygen atoms in total. The molecule has 0 spiro atoms. The van der Waals surface area contributed by atoms with Crippen molar-refractivity contribution in [2.45, 2.75) is 37.6 Å². The fraction of sp³-hybridized carbons (Fsp3) is 0.733. The summed E-state index contributed by atoms with van der Waals surface area (Å²) < 4.78 is 16.3. The molecule has 2 atom stereocenters. The van der Waals surface area contributed by atoms with Crippen LogP contribution in [0.25, 0.3) is 0 Å². The van der Waals surface area contributed by atoms with Gasteiger partial charge in [-0.3, -0.25) is 4.90 Å². The zero-order valence-corrected chi connectivity index (χ0v) is 12.1. The average Bonchev–Trinajstić information content (AvgIpc) is 3.12. The first-order valence-electron chi connectivity index (χ1n) is 7.46. The lowest BCUT2D eigenvalue weighted by Gasteiger charge is -2.34. The lowest BCUT2D eigenvalue weighted by Crippen LogP contribution is -2.49. The monoisotopic (exact) mass is 280 g/mol. The summed E-state index contributed by atoms with van der Waals surface area (Å²) >= 11 is 0. The van der Waals surface area contributed by atoms with Crippen LogP contribution in [0.3, 0.4) is 0 Å². The van der Waals surface area contributed by atoms with Gasteiger partial charge >= 0.3 is 0 Å². The van der Waals surface area contributed by atoms with Crippen LogP contribution in [0, 0.1) is 0 Å². The van der Waals surface area contributed by atoms with E-state index in [1.54, 1.807) is 13.4 Å². The van der Waals surface area contributed by atoms with Gasteiger partial charge in [0.05, 0.1) is 38.2 Å². The van der Waals surface area contributed by atoms with Crippen LogP contribution in [0.2, 0.25) is 0 Å². The number of methoxy groups -OCH3 is 1. The van der Waals surface area contributed by atoms with Crippen LogP contribution in [0.15, 0.2) is 22.8 Å². The van der Waals surface area contributed by atoms with Crippen LogP contribution < -0.4 is 5.32 Å². The molecule has 20 heavy (non-hydrogen) atoms. The van der Waals surface area contributed by atoms with E-state index in [1.807, 2.05) is 12.1 Å². The van der Waals surface area contributed by atoms with Gasteiger partial charge in [-0.05, 0) is 25.0 Å².